The fourth-order valence-electron chi connectivity index (χ4n) is 5.91. The van der Waals surface area contributed by atoms with Gasteiger partial charge < -0.3 is 19.3 Å². The van der Waals surface area contributed by atoms with Crippen LogP contribution in [0.2, 0.25) is 0 Å². The predicted molar refractivity (Wildman–Crippen MR) is 102 cm³/mol. The number of likely N-dealkylation sites (N-methyl/N-ethyl adjacent to an activating group) is 1. The number of carbonyl (C=O) groups excluding carboxylic acids is 1. The van der Waals surface area contributed by atoms with Gasteiger partial charge in [0.15, 0.2) is 17.3 Å². The largest absolute Gasteiger partial charge is 0.504 e. The number of nitro benzene ring substituents is 1. The number of fused-ring (bicyclic) bond motifs is 1. The molecule has 0 radical (unpaired) electrons. The van der Waals surface area contributed by atoms with Crippen molar-refractivity contribution in [1.29, 1.82) is 0 Å². The zero-order valence-electron chi connectivity index (χ0n) is 16.9. The molecule has 1 heterocycles. The summed E-state index contributed by atoms with van der Waals surface area (Å²) in [4.78, 5) is 26.5. The number of rotatable bonds is 4. The highest BCUT2D eigenvalue weighted by Gasteiger charge is 2.69. The molecule has 1 fully saturated rings. The summed E-state index contributed by atoms with van der Waals surface area (Å²) in [5.41, 5.74) is -0.824. The normalized spacial score (nSPS) is 28.5. The summed E-state index contributed by atoms with van der Waals surface area (Å²) in [6, 6.07) is 1.26. The molecule has 0 unspecified atom stereocenters. The molecule has 4 rings (SSSR count). The minimum atomic E-state index is -0.872. The molecule has 29 heavy (non-hydrogen) atoms. The Kier molecular flexibility index (Phi) is 4.27. The van der Waals surface area contributed by atoms with Gasteiger partial charge in [0.25, 0.3) is 5.69 Å². The van der Waals surface area contributed by atoms with Crippen LogP contribution >= 0.6 is 0 Å². The van der Waals surface area contributed by atoms with Crippen molar-refractivity contribution in [1.82, 2.24) is 4.90 Å². The Hall–Kier alpha value is -2.81. The van der Waals surface area contributed by atoms with Crippen molar-refractivity contribution in [2.75, 3.05) is 34.9 Å². The Morgan fingerprint density at radius 2 is 1.93 bits per heavy atom. The highest BCUT2D eigenvalue weighted by molar-refractivity contribution is 5.98. The Labute approximate surface area is 168 Å². The lowest BCUT2D eigenvalue weighted by Gasteiger charge is -2.54. The van der Waals surface area contributed by atoms with Gasteiger partial charge in [-0.3, -0.25) is 19.8 Å². The van der Waals surface area contributed by atoms with E-state index in [0.29, 0.717) is 42.7 Å². The first-order valence-corrected chi connectivity index (χ1v) is 9.44. The van der Waals surface area contributed by atoms with Gasteiger partial charge in [-0.2, -0.15) is 0 Å². The van der Waals surface area contributed by atoms with Crippen LogP contribution in [0.3, 0.4) is 0 Å². The first kappa shape index (κ1) is 19.5. The number of methoxy groups -OCH3 is 3. The van der Waals surface area contributed by atoms with Gasteiger partial charge in [0, 0.05) is 23.0 Å². The van der Waals surface area contributed by atoms with E-state index in [1.807, 2.05) is 7.05 Å². The van der Waals surface area contributed by atoms with E-state index in [-0.39, 0.29) is 35.1 Å². The zero-order chi connectivity index (χ0) is 21.1. The summed E-state index contributed by atoms with van der Waals surface area (Å²) < 4.78 is 16.4. The molecule has 1 aromatic carbocycles. The molecule has 3 aliphatic rings. The second-order valence-corrected chi connectivity index (χ2v) is 7.84. The van der Waals surface area contributed by atoms with E-state index < -0.39 is 15.9 Å². The molecule has 0 amide bonds. The maximum Gasteiger partial charge on any atom is 0.276 e. The fraction of sp³-hybridized carbons (Fsp3) is 0.550. The fourth-order valence-corrected chi connectivity index (χ4v) is 5.91. The van der Waals surface area contributed by atoms with Gasteiger partial charge in [-0.25, -0.2) is 0 Å². The van der Waals surface area contributed by atoms with E-state index in [4.69, 9.17) is 14.2 Å². The molecular weight excluding hydrogens is 380 g/mol. The first-order valence-electron chi connectivity index (χ1n) is 9.44. The van der Waals surface area contributed by atoms with Gasteiger partial charge in [-0.1, -0.05) is 0 Å². The van der Waals surface area contributed by atoms with Crippen LogP contribution in [0.4, 0.5) is 5.69 Å². The van der Waals surface area contributed by atoms with Crippen molar-refractivity contribution in [3.8, 4) is 11.5 Å². The van der Waals surface area contributed by atoms with E-state index in [1.54, 1.807) is 0 Å². The number of nitrogens with zero attached hydrogens (tertiary/aromatic N) is 2. The van der Waals surface area contributed by atoms with Crippen molar-refractivity contribution in [2.45, 2.75) is 36.6 Å². The molecular formula is C20H24N2O7. The molecule has 2 atom stereocenters. The third-order valence-corrected chi connectivity index (χ3v) is 7.00. The van der Waals surface area contributed by atoms with Crippen LogP contribution in [-0.4, -0.2) is 61.2 Å². The number of likely N-dealkylation sites (tertiary alicyclic amines) is 1. The molecule has 2 aliphatic carbocycles. The van der Waals surface area contributed by atoms with Gasteiger partial charge in [-0.15, -0.1) is 0 Å². The standard InChI is InChI=1S/C20H24N2O7/c1-21-8-7-19-10-13(23)17(28-3)18(29-4)20(19,21)6-5-11-12(22(25)26)9-14(27-2)16(24)15(11)19/h9,24H,5-8,10H2,1-4H3/t19-,20+/m0/s1. The highest BCUT2D eigenvalue weighted by atomic mass is 16.6. The number of ether oxygens (including phenoxy) is 3. The Bertz CT molecular complexity index is 957. The van der Waals surface area contributed by atoms with Gasteiger partial charge in [-0.05, 0) is 32.9 Å². The number of phenolic OH excluding ortho intramolecular Hbond substituents is 1. The van der Waals surface area contributed by atoms with E-state index in [1.165, 1.54) is 27.4 Å². The molecule has 156 valence electrons. The lowest BCUT2D eigenvalue weighted by Crippen LogP contribution is -2.62. The topological polar surface area (TPSA) is 111 Å². The number of allylic oxidation sites excluding steroid dienone is 1. The Balaban J connectivity index is 2.12. The van der Waals surface area contributed by atoms with Gasteiger partial charge in [0.2, 0.25) is 11.5 Å². The lowest BCUT2D eigenvalue weighted by atomic mass is 9.53. The van der Waals surface area contributed by atoms with Crippen LogP contribution in [0.1, 0.15) is 30.4 Å². The van der Waals surface area contributed by atoms with Crippen LogP contribution in [0, 0.1) is 10.1 Å². The molecule has 9 heteroatoms. The van der Waals surface area contributed by atoms with Crippen molar-refractivity contribution in [3.63, 3.8) is 0 Å². The number of hydrogen-bond acceptors (Lipinski definition) is 8. The quantitative estimate of drug-likeness (QED) is 0.599. The summed E-state index contributed by atoms with van der Waals surface area (Å²) in [6.45, 7) is 0.640. The van der Waals surface area contributed by atoms with E-state index in [2.05, 4.69) is 4.90 Å². The average molecular weight is 404 g/mol. The number of ketones is 1. The Morgan fingerprint density at radius 1 is 1.21 bits per heavy atom. The predicted octanol–water partition coefficient (Wildman–Crippen LogP) is 2.04. The summed E-state index contributed by atoms with van der Waals surface area (Å²) in [6.07, 6.45) is 1.47. The molecule has 1 aromatic rings. The first-order chi connectivity index (χ1) is 13.8. The van der Waals surface area contributed by atoms with Crippen LogP contribution < -0.4 is 4.74 Å². The summed E-state index contributed by atoms with van der Waals surface area (Å²) in [5.74, 6) is 0.247. The highest BCUT2D eigenvalue weighted by Crippen LogP contribution is 2.65. The lowest BCUT2D eigenvalue weighted by molar-refractivity contribution is -0.385. The van der Waals surface area contributed by atoms with Crippen molar-refractivity contribution in [2.24, 2.45) is 0 Å². The number of hydrogen-bond donors (Lipinski definition) is 1. The van der Waals surface area contributed by atoms with Crippen molar-refractivity contribution < 1.29 is 29.0 Å². The zero-order valence-corrected chi connectivity index (χ0v) is 16.9. The van der Waals surface area contributed by atoms with Crippen LogP contribution in [0.5, 0.6) is 11.5 Å². The molecule has 1 saturated heterocycles. The van der Waals surface area contributed by atoms with Crippen molar-refractivity contribution in [3.05, 3.63) is 38.8 Å². The van der Waals surface area contributed by atoms with Gasteiger partial charge >= 0.3 is 0 Å². The van der Waals surface area contributed by atoms with E-state index >= 15 is 0 Å². The van der Waals surface area contributed by atoms with Crippen molar-refractivity contribution >= 4 is 11.5 Å². The molecule has 9 nitrogen and oxygen atoms in total. The van der Waals surface area contributed by atoms with Gasteiger partial charge in [0.05, 0.1) is 37.9 Å². The Morgan fingerprint density at radius 3 is 2.52 bits per heavy atom. The second-order valence-electron chi connectivity index (χ2n) is 7.84. The van der Waals surface area contributed by atoms with E-state index in [0.717, 1.165) is 0 Å². The SMILES string of the molecule is COC1=C(OC)[C@]23CCc4c([N+](=O)[O-])cc(OC)c(O)c4[C@]2(CCN3C)CC1=O. The number of carbonyl (C=O) groups is 1. The molecule has 0 saturated carbocycles. The maximum absolute atomic E-state index is 13.1. The van der Waals surface area contributed by atoms with Gasteiger partial charge in [0.1, 0.15) is 0 Å². The monoisotopic (exact) mass is 404 g/mol. The minimum absolute atomic E-state index is 0.0307. The summed E-state index contributed by atoms with van der Waals surface area (Å²) >= 11 is 0. The molecule has 0 bridgehead atoms. The minimum Gasteiger partial charge on any atom is -0.504 e. The molecule has 1 N–H and O–H groups in total. The second kappa shape index (κ2) is 6.35. The number of nitro groups is 1. The van der Waals surface area contributed by atoms with E-state index in [9.17, 15) is 20.0 Å². The number of Topliss-reactive ketones (excluding diaryl/α,β-unsaturated/α-hetero) is 1. The smallest absolute Gasteiger partial charge is 0.276 e. The molecule has 0 aromatic heterocycles. The number of phenols is 1. The maximum atomic E-state index is 13.1. The summed E-state index contributed by atoms with van der Waals surface area (Å²) in [7, 11) is 6.24. The average Bonchev–Trinajstić information content (AvgIpc) is 2.99. The number of aromatic hydroxyl groups is 1. The molecule has 0 spiro atoms. The molecule has 1 aliphatic heterocycles. The number of benzene rings is 1. The third-order valence-electron chi connectivity index (χ3n) is 7.00. The third kappa shape index (κ3) is 2.16. The van der Waals surface area contributed by atoms with Crippen LogP contribution in [-0.2, 0) is 26.1 Å². The van der Waals surface area contributed by atoms with Crippen LogP contribution in [0.15, 0.2) is 17.6 Å². The van der Waals surface area contributed by atoms with Crippen LogP contribution in [0.25, 0.3) is 0 Å². The summed E-state index contributed by atoms with van der Waals surface area (Å²) in [5, 5.41) is 22.9.